The van der Waals surface area contributed by atoms with Crippen molar-refractivity contribution in [3.05, 3.63) is 193 Å². The minimum absolute atomic E-state index is 0. The zero-order valence-corrected chi connectivity index (χ0v) is 44.0. The minimum Gasteiger partial charge on any atom is -0.501 e. The monoisotopic (exact) mass is 1090 g/mol. The fourth-order valence-electron chi connectivity index (χ4n) is 11.7. The summed E-state index contributed by atoms with van der Waals surface area (Å²) in [6.45, 7) is 14.1. The molecule has 1 spiro atoms. The third-order valence-corrected chi connectivity index (χ3v) is 20.5. The molecular formula is C63H59IrN3OSi-2. The molecule has 0 unspecified atom stereocenters. The summed E-state index contributed by atoms with van der Waals surface area (Å²) >= 11 is 0. The summed E-state index contributed by atoms with van der Waals surface area (Å²) in [4.78, 5) is 10.1. The average molecular weight is 1090 g/mol. The van der Waals surface area contributed by atoms with Crippen molar-refractivity contribution in [2.75, 3.05) is 0 Å². The number of nitrogens with zero attached hydrogens (tertiary/aromatic N) is 3. The van der Waals surface area contributed by atoms with E-state index in [1.54, 1.807) is 10.8 Å². The molecule has 0 atom stereocenters. The van der Waals surface area contributed by atoms with Crippen molar-refractivity contribution in [3.63, 3.8) is 0 Å². The van der Waals surface area contributed by atoms with Crippen molar-refractivity contribution in [2.45, 2.75) is 90.8 Å². The van der Waals surface area contributed by atoms with Crippen LogP contribution in [0.1, 0.15) is 82.9 Å². The predicted molar refractivity (Wildman–Crippen MR) is 287 cm³/mol. The molecule has 3 aromatic heterocycles. The van der Waals surface area contributed by atoms with Gasteiger partial charge in [-0.05, 0) is 104 Å². The zero-order chi connectivity index (χ0) is 46.6. The Bertz CT molecular complexity index is 3410. The van der Waals surface area contributed by atoms with Crippen molar-refractivity contribution in [1.82, 2.24) is 14.5 Å². The summed E-state index contributed by atoms with van der Waals surface area (Å²) in [5.41, 5.74) is 17.4. The molecule has 2 aliphatic rings. The van der Waals surface area contributed by atoms with E-state index >= 15 is 0 Å². The molecule has 1 saturated heterocycles. The first kappa shape index (κ1) is 46.6. The number of hydrogen-bond acceptors (Lipinski definition) is 3. The molecule has 12 rings (SSSR count). The number of para-hydroxylation sites is 2. The molecule has 2 aliphatic heterocycles. The van der Waals surface area contributed by atoms with E-state index in [1.165, 1.54) is 70.9 Å². The van der Waals surface area contributed by atoms with E-state index in [1.807, 2.05) is 24.3 Å². The maximum Gasteiger partial charge on any atom is 0.121 e. The second kappa shape index (κ2) is 19.0. The number of benzene rings is 7. The van der Waals surface area contributed by atoms with Crippen molar-refractivity contribution in [2.24, 2.45) is 5.41 Å². The first-order valence-corrected chi connectivity index (χ1v) is 27.3. The van der Waals surface area contributed by atoms with Gasteiger partial charge in [0.1, 0.15) is 5.58 Å². The Morgan fingerprint density at radius 2 is 1.32 bits per heavy atom. The summed E-state index contributed by atoms with van der Waals surface area (Å²) in [6.07, 6.45) is 6.34. The molecule has 7 aromatic carbocycles. The van der Waals surface area contributed by atoms with Crippen LogP contribution in [0.2, 0.25) is 18.1 Å². The molecule has 69 heavy (non-hydrogen) atoms. The van der Waals surface area contributed by atoms with E-state index in [0.29, 0.717) is 5.41 Å². The van der Waals surface area contributed by atoms with E-state index in [-0.39, 0.29) is 31.9 Å². The van der Waals surface area contributed by atoms with E-state index < -0.39 is 8.07 Å². The van der Waals surface area contributed by atoms with Crippen LogP contribution in [-0.2, 0) is 26.5 Å². The van der Waals surface area contributed by atoms with Crippen LogP contribution in [0.25, 0.3) is 83.6 Å². The Labute approximate surface area is 422 Å². The molecule has 1 fully saturated rings. The quantitative estimate of drug-likeness (QED) is 0.118. The SMILES string of the molecule is CC(C)c1cc(-c2ccccc2)cc(C(C)C)c1-n1c(-c2[c-]ccc3c2oc2cc(-c4ccccc4)ccc23)nc2ccccc21.CC1(C)Cc2cc(-c3[c-]cccc3)ncc2[Si]2(CCCC2)C1.[Ir]. The Hall–Kier alpha value is -6.17. The van der Waals surface area contributed by atoms with Crippen LogP contribution < -0.4 is 5.19 Å². The van der Waals surface area contributed by atoms with E-state index in [4.69, 9.17) is 14.4 Å². The van der Waals surface area contributed by atoms with Crippen LogP contribution in [-0.4, -0.2) is 22.6 Å². The number of furan rings is 1. The fourth-order valence-corrected chi connectivity index (χ4v) is 18.0. The summed E-state index contributed by atoms with van der Waals surface area (Å²) in [5.74, 6) is 1.41. The number of pyridine rings is 1. The van der Waals surface area contributed by atoms with Gasteiger partial charge in [0.2, 0.25) is 0 Å². The van der Waals surface area contributed by atoms with Gasteiger partial charge in [0, 0.05) is 37.4 Å². The topological polar surface area (TPSA) is 43.9 Å². The molecule has 10 aromatic rings. The normalized spacial score (nSPS) is 14.8. The molecule has 5 heterocycles. The number of imidazole rings is 1. The zero-order valence-electron chi connectivity index (χ0n) is 40.6. The maximum absolute atomic E-state index is 6.73. The Kier molecular flexibility index (Phi) is 12.8. The third kappa shape index (κ3) is 8.77. The van der Waals surface area contributed by atoms with Gasteiger partial charge in [-0.15, -0.1) is 54.1 Å². The second-order valence-electron chi connectivity index (χ2n) is 20.7. The van der Waals surface area contributed by atoms with Gasteiger partial charge < -0.3 is 14.0 Å². The molecule has 4 nitrogen and oxygen atoms in total. The van der Waals surface area contributed by atoms with Crippen molar-refractivity contribution >= 4 is 46.2 Å². The molecule has 0 N–H and O–H groups in total. The van der Waals surface area contributed by atoms with Crippen LogP contribution in [0.3, 0.4) is 0 Å². The summed E-state index contributed by atoms with van der Waals surface area (Å²) in [6, 6.07) is 66.8. The van der Waals surface area contributed by atoms with Crippen LogP contribution >= 0.6 is 0 Å². The molecule has 6 heteroatoms. The van der Waals surface area contributed by atoms with Gasteiger partial charge in [-0.2, -0.15) is 0 Å². The first-order chi connectivity index (χ1) is 33.1. The van der Waals surface area contributed by atoms with Gasteiger partial charge in [-0.25, -0.2) is 0 Å². The van der Waals surface area contributed by atoms with Gasteiger partial charge >= 0.3 is 0 Å². The fraction of sp³-hybridized carbons (Fsp3) is 0.238. The maximum atomic E-state index is 6.73. The van der Waals surface area contributed by atoms with Gasteiger partial charge in [0.15, 0.2) is 0 Å². The summed E-state index contributed by atoms with van der Waals surface area (Å²) in [5, 5.41) is 3.84. The molecule has 1 radical (unpaired) electrons. The largest absolute Gasteiger partial charge is 0.501 e. The number of fused-ring (bicyclic) bond motifs is 6. The molecule has 0 bridgehead atoms. The third-order valence-electron chi connectivity index (χ3n) is 14.7. The van der Waals surface area contributed by atoms with Crippen LogP contribution in [0.15, 0.2) is 168 Å². The Morgan fingerprint density at radius 1 is 0.652 bits per heavy atom. The molecular weight excluding hydrogens is 1040 g/mol. The van der Waals surface area contributed by atoms with Crippen LogP contribution in [0.4, 0.5) is 0 Å². The van der Waals surface area contributed by atoms with Crippen LogP contribution in [0, 0.1) is 17.5 Å². The van der Waals surface area contributed by atoms with Crippen molar-refractivity contribution < 1.29 is 24.5 Å². The standard InChI is InChI=1S/C43H35N2O.C20H24NSi.Ir/c1-27(2)36-24-32(30-16-9-6-10-17-30)25-37(28(3)4)41(36)45-39-21-12-11-20-38(39)44-43(45)35-19-13-18-34-33-23-22-31(26-40(33)46-42(34)35)29-14-7-5-8-15-29;1-20(2)13-17-12-18(16-8-4-3-5-9-16)21-14-19(17)22(15-20)10-6-7-11-22;/h5-18,20-28H,1-4H3;3-5,8,12,14H,6-7,10-11,13,15H2,1-2H3;/q2*-1;. The van der Waals surface area contributed by atoms with E-state index in [0.717, 1.165) is 61.2 Å². The summed E-state index contributed by atoms with van der Waals surface area (Å²) in [7, 11) is -1.27. The summed E-state index contributed by atoms with van der Waals surface area (Å²) < 4.78 is 9.10. The van der Waals surface area contributed by atoms with Crippen molar-refractivity contribution in [1.29, 1.82) is 0 Å². The number of aromatic nitrogens is 3. The predicted octanol–water partition coefficient (Wildman–Crippen LogP) is 16.6. The Morgan fingerprint density at radius 3 is 2.00 bits per heavy atom. The first-order valence-electron chi connectivity index (χ1n) is 24.7. The number of rotatable bonds is 7. The van der Waals surface area contributed by atoms with Gasteiger partial charge in [-0.1, -0.05) is 174 Å². The molecule has 0 saturated carbocycles. The van der Waals surface area contributed by atoms with Gasteiger partial charge in [0.25, 0.3) is 0 Å². The second-order valence-corrected chi connectivity index (χ2v) is 25.2. The van der Waals surface area contributed by atoms with Crippen LogP contribution in [0.5, 0.6) is 0 Å². The smallest absolute Gasteiger partial charge is 0.121 e. The van der Waals surface area contributed by atoms with E-state index in [9.17, 15) is 0 Å². The van der Waals surface area contributed by atoms with Gasteiger partial charge in [-0.3, -0.25) is 4.98 Å². The molecule has 347 valence electrons. The van der Waals surface area contributed by atoms with Crippen molar-refractivity contribution in [3.8, 4) is 50.6 Å². The number of hydrogen-bond donors (Lipinski definition) is 0. The average Bonchev–Trinajstić information content (AvgIpc) is 4.09. The minimum atomic E-state index is -1.27. The molecule has 0 aliphatic carbocycles. The van der Waals surface area contributed by atoms with E-state index in [2.05, 4.69) is 198 Å². The Balaban J connectivity index is 0.000000201. The van der Waals surface area contributed by atoms with Gasteiger partial charge in [0.05, 0.1) is 30.5 Å². The molecule has 0 amide bonds.